The van der Waals surface area contributed by atoms with Gasteiger partial charge in [0.2, 0.25) is 0 Å². The average molecular weight is 429 g/mol. The number of pyridine rings is 1. The van der Waals surface area contributed by atoms with Crippen LogP contribution in [0.5, 0.6) is 5.75 Å². The molecule has 29 heavy (non-hydrogen) atoms. The molecular weight excluding hydrogens is 404 g/mol. The summed E-state index contributed by atoms with van der Waals surface area (Å²) in [7, 11) is 0. The second kappa shape index (κ2) is 10.4. The Morgan fingerprint density at radius 2 is 2.24 bits per heavy atom. The quantitative estimate of drug-likeness (QED) is 0.616. The smallest absolute Gasteiger partial charge is 0.407 e. The van der Waals surface area contributed by atoms with Crippen LogP contribution < -0.4 is 20.7 Å². The summed E-state index contributed by atoms with van der Waals surface area (Å²) < 4.78 is 15.6. The van der Waals surface area contributed by atoms with Crippen molar-refractivity contribution in [1.29, 1.82) is 0 Å². The van der Waals surface area contributed by atoms with Crippen LogP contribution in [0.3, 0.4) is 0 Å². The Morgan fingerprint density at radius 3 is 2.86 bits per heavy atom. The molecule has 2 amide bonds. The van der Waals surface area contributed by atoms with E-state index >= 15 is 0 Å². The Balaban J connectivity index is 0.000000207. The fourth-order valence-electron chi connectivity index (χ4n) is 2.34. The lowest BCUT2D eigenvalue weighted by Gasteiger charge is -2.25. The number of fused-ring (bicyclic) bond motifs is 1. The summed E-state index contributed by atoms with van der Waals surface area (Å²) in [5.74, 6) is 0.303. The molecule has 1 saturated heterocycles. The van der Waals surface area contributed by atoms with E-state index in [9.17, 15) is 14.4 Å². The minimum atomic E-state index is -0.449. The van der Waals surface area contributed by atoms with E-state index < -0.39 is 11.7 Å². The van der Waals surface area contributed by atoms with E-state index in [1.165, 1.54) is 6.07 Å². The maximum absolute atomic E-state index is 11.3. The number of rotatable bonds is 3. The molecule has 3 heterocycles. The van der Waals surface area contributed by atoms with Gasteiger partial charge in [0.25, 0.3) is 5.91 Å². The molecule has 3 N–H and O–H groups in total. The highest BCUT2D eigenvalue weighted by Crippen LogP contribution is 2.29. The first-order valence-electron chi connectivity index (χ1n) is 9.05. The third-order valence-corrected chi connectivity index (χ3v) is 3.88. The van der Waals surface area contributed by atoms with Crippen LogP contribution >= 0.6 is 11.6 Å². The van der Waals surface area contributed by atoms with E-state index in [1.807, 2.05) is 20.8 Å². The number of hydrogen-bond acceptors (Lipinski definition) is 8. The Bertz CT molecular complexity index is 747. The molecule has 1 atom stereocenters. The van der Waals surface area contributed by atoms with Gasteiger partial charge < -0.3 is 30.2 Å². The predicted molar refractivity (Wildman–Crippen MR) is 106 cm³/mol. The van der Waals surface area contributed by atoms with Crippen molar-refractivity contribution in [3.8, 4) is 5.75 Å². The maximum atomic E-state index is 11.3. The van der Waals surface area contributed by atoms with E-state index in [4.69, 9.17) is 25.8 Å². The summed E-state index contributed by atoms with van der Waals surface area (Å²) in [5.41, 5.74) is -0.369. The van der Waals surface area contributed by atoms with E-state index in [2.05, 4.69) is 20.9 Å². The van der Waals surface area contributed by atoms with Gasteiger partial charge in [-0.2, -0.15) is 0 Å². The van der Waals surface area contributed by atoms with Crippen molar-refractivity contribution in [2.24, 2.45) is 0 Å². The summed E-state index contributed by atoms with van der Waals surface area (Å²) in [4.78, 5) is 36.5. The Kier molecular flexibility index (Phi) is 8.18. The van der Waals surface area contributed by atoms with Crippen molar-refractivity contribution in [2.75, 3.05) is 38.2 Å². The molecule has 0 radical (unpaired) electrons. The van der Waals surface area contributed by atoms with E-state index in [-0.39, 0.29) is 35.2 Å². The van der Waals surface area contributed by atoms with Gasteiger partial charge in [-0.25, -0.2) is 9.78 Å². The highest BCUT2D eigenvalue weighted by molar-refractivity contribution is 6.33. The van der Waals surface area contributed by atoms with Crippen LogP contribution in [-0.4, -0.2) is 67.8 Å². The summed E-state index contributed by atoms with van der Waals surface area (Å²) in [6.07, 6.45) is 0.173. The summed E-state index contributed by atoms with van der Waals surface area (Å²) in [6.45, 7) is 8.29. The Labute approximate surface area is 173 Å². The predicted octanol–water partition coefficient (Wildman–Crippen LogP) is 1.38. The molecule has 3 rings (SSSR count). The van der Waals surface area contributed by atoms with Crippen LogP contribution in [0, 0.1) is 0 Å². The fraction of sp³-hybridized carbons (Fsp3) is 0.556. The number of alkyl carbamates (subject to hydrolysis) is 1. The molecule has 0 aliphatic carbocycles. The minimum absolute atomic E-state index is 0.0475. The topological polar surface area (TPSA) is 128 Å². The fourth-order valence-corrected chi connectivity index (χ4v) is 2.53. The lowest BCUT2D eigenvalue weighted by atomic mass is 10.2. The number of anilines is 1. The molecule has 0 spiro atoms. The number of hydrogen-bond donors (Lipinski definition) is 3. The molecule has 2 aliphatic rings. The molecular formula is C18H25ClN4O6. The maximum Gasteiger partial charge on any atom is 0.407 e. The van der Waals surface area contributed by atoms with Crippen molar-refractivity contribution in [3.63, 3.8) is 0 Å². The van der Waals surface area contributed by atoms with Crippen LogP contribution in [0.4, 0.5) is 10.6 Å². The number of nitrogens with one attached hydrogen (secondary N) is 3. The molecule has 10 nitrogen and oxygen atoms in total. The van der Waals surface area contributed by atoms with Crippen LogP contribution in [0.2, 0.25) is 5.02 Å². The van der Waals surface area contributed by atoms with Crippen molar-refractivity contribution in [2.45, 2.75) is 32.5 Å². The van der Waals surface area contributed by atoms with E-state index in [1.54, 1.807) is 0 Å². The van der Waals surface area contributed by atoms with Gasteiger partial charge in [0.15, 0.2) is 24.5 Å². The number of halogens is 1. The average Bonchev–Trinajstić information content (AvgIpc) is 2.66. The second-order valence-electron chi connectivity index (χ2n) is 7.24. The zero-order valence-corrected chi connectivity index (χ0v) is 17.3. The number of carbonyl (C=O) groups is 3. The third-order valence-electron chi connectivity index (χ3n) is 3.57. The van der Waals surface area contributed by atoms with Gasteiger partial charge in [0.1, 0.15) is 11.3 Å². The van der Waals surface area contributed by atoms with Gasteiger partial charge in [-0.15, -0.1) is 0 Å². The standard InChI is InChI=1S/C10H20N2O3.C8H5ClN2O3/c1-10(2,3)15-9(13)12-7-8-6-11-4-5-14-8;9-4-1-6-8(10-5(4)2-12)11-7(13)3-14-6/h8,11H,4-7H2,1-3H3,(H,12,13);1-2H,3H2,(H,10,11,13)/t8-;/m1./s1. The van der Waals surface area contributed by atoms with Gasteiger partial charge in [-0.05, 0) is 20.8 Å². The first-order valence-corrected chi connectivity index (χ1v) is 9.43. The molecule has 160 valence electrons. The zero-order chi connectivity index (χ0) is 21.4. The zero-order valence-electron chi connectivity index (χ0n) is 16.5. The van der Waals surface area contributed by atoms with Crippen LogP contribution in [-0.2, 0) is 14.3 Å². The number of morpholine rings is 1. The number of carbonyl (C=O) groups excluding carboxylic acids is 3. The highest BCUT2D eigenvalue weighted by Gasteiger charge is 2.20. The molecule has 2 aliphatic heterocycles. The second-order valence-corrected chi connectivity index (χ2v) is 7.64. The van der Waals surface area contributed by atoms with Gasteiger partial charge in [-0.3, -0.25) is 9.59 Å². The van der Waals surface area contributed by atoms with Crippen molar-refractivity contribution in [1.82, 2.24) is 15.6 Å². The first kappa shape index (κ1) is 22.9. The molecule has 1 fully saturated rings. The molecule has 0 saturated carbocycles. The summed E-state index contributed by atoms with van der Waals surface area (Å²) in [5, 5.41) is 8.55. The van der Waals surface area contributed by atoms with Crippen LogP contribution in [0.25, 0.3) is 0 Å². The molecule has 0 bridgehead atoms. The summed E-state index contributed by atoms with van der Waals surface area (Å²) in [6, 6.07) is 1.45. The number of amides is 2. The first-order chi connectivity index (χ1) is 13.7. The van der Waals surface area contributed by atoms with E-state index in [0.717, 1.165) is 13.1 Å². The van der Waals surface area contributed by atoms with Crippen molar-refractivity contribution < 1.29 is 28.6 Å². The van der Waals surface area contributed by atoms with Crippen molar-refractivity contribution >= 4 is 35.7 Å². The number of aromatic nitrogens is 1. The number of nitrogens with zero attached hydrogens (tertiary/aromatic N) is 1. The Hall–Kier alpha value is -2.43. The third kappa shape index (κ3) is 7.84. The number of ether oxygens (including phenoxy) is 3. The molecule has 1 aromatic heterocycles. The van der Waals surface area contributed by atoms with Gasteiger partial charge >= 0.3 is 6.09 Å². The highest BCUT2D eigenvalue weighted by atomic mass is 35.5. The molecule has 0 unspecified atom stereocenters. The van der Waals surface area contributed by atoms with Crippen LogP contribution in [0.1, 0.15) is 31.3 Å². The van der Waals surface area contributed by atoms with E-state index in [0.29, 0.717) is 25.2 Å². The Morgan fingerprint density at radius 1 is 1.48 bits per heavy atom. The minimum Gasteiger partial charge on any atom is -0.480 e. The summed E-state index contributed by atoms with van der Waals surface area (Å²) >= 11 is 5.71. The van der Waals surface area contributed by atoms with Gasteiger partial charge in [0, 0.05) is 25.7 Å². The number of aldehydes is 1. The largest absolute Gasteiger partial charge is 0.480 e. The SMILES string of the molecule is CC(C)(C)OC(=O)NC[C@H]1CNCCO1.O=Cc1nc2c(cc1Cl)OCC(=O)N2. The monoisotopic (exact) mass is 428 g/mol. The molecule has 1 aromatic rings. The van der Waals surface area contributed by atoms with Gasteiger partial charge in [0.05, 0.1) is 17.7 Å². The normalized spacial score (nSPS) is 18.2. The van der Waals surface area contributed by atoms with Crippen molar-refractivity contribution in [3.05, 3.63) is 16.8 Å². The lowest BCUT2D eigenvalue weighted by molar-refractivity contribution is -0.118. The molecule has 0 aromatic carbocycles. The lowest BCUT2D eigenvalue weighted by Crippen LogP contribution is -2.46. The molecule has 11 heteroatoms. The van der Waals surface area contributed by atoms with Gasteiger partial charge in [-0.1, -0.05) is 11.6 Å². The van der Waals surface area contributed by atoms with Crippen LogP contribution in [0.15, 0.2) is 6.07 Å².